The van der Waals surface area contributed by atoms with Crippen LogP contribution in [0.1, 0.15) is 6.42 Å². The summed E-state index contributed by atoms with van der Waals surface area (Å²) in [7, 11) is 0. The van der Waals surface area contributed by atoms with Gasteiger partial charge in [0.15, 0.2) is 0 Å². The van der Waals surface area contributed by atoms with Crippen LogP contribution in [0.2, 0.25) is 0 Å². The number of hydrogen-bond donors (Lipinski definition) is 1. The molecule has 0 aliphatic carbocycles. The van der Waals surface area contributed by atoms with Gasteiger partial charge in [-0.1, -0.05) is 0 Å². The molecule has 2 saturated heterocycles. The number of nitro groups is 1. The minimum atomic E-state index is -0.336. The maximum atomic E-state index is 11.2. The fraction of sp³-hybridized carbons (Fsp3) is 0.400. The number of nitro benzene ring substituents is 1. The summed E-state index contributed by atoms with van der Waals surface area (Å²) in [5.74, 6) is 0.680. The number of anilines is 1. The Morgan fingerprint density at radius 1 is 1.33 bits per heavy atom. The smallest absolute Gasteiger partial charge is 0.278 e. The first kappa shape index (κ1) is 12.5. The van der Waals surface area contributed by atoms with Crippen molar-refractivity contribution in [3.8, 4) is 0 Å². The SMILES string of the molecule is O=[N+]([O-])c1ccc(N2CC[C@H]3CNC[C@H]32)c2ncccc12. The number of aromatic nitrogens is 1. The number of fused-ring (bicyclic) bond motifs is 2. The van der Waals surface area contributed by atoms with Crippen LogP contribution in [0.3, 0.4) is 0 Å². The Hall–Kier alpha value is -2.21. The largest absolute Gasteiger partial charge is 0.365 e. The molecule has 2 atom stereocenters. The highest BCUT2D eigenvalue weighted by Gasteiger charge is 2.38. The van der Waals surface area contributed by atoms with Crippen molar-refractivity contribution in [1.82, 2.24) is 10.3 Å². The Balaban J connectivity index is 1.86. The molecule has 0 spiro atoms. The van der Waals surface area contributed by atoms with Crippen molar-refractivity contribution in [3.05, 3.63) is 40.6 Å². The summed E-state index contributed by atoms with van der Waals surface area (Å²) in [4.78, 5) is 17.6. The molecule has 2 aliphatic rings. The predicted octanol–water partition coefficient (Wildman–Crippen LogP) is 1.94. The summed E-state index contributed by atoms with van der Waals surface area (Å²) in [5.41, 5.74) is 1.88. The molecule has 2 aliphatic heterocycles. The molecule has 0 radical (unpaired) electrons. The van der Waals surface area contributed by atoms with Gasteiger partial charge in [0.1, 0.15) is 5.52 Å². The average Bonchev–Trinajstić information content (AvgIpc) is 3.09. The van der Waals surface area contributed by atoms with E-state index >= 15 is 0 Å². The van der Waals surface area contributed by atoms with E-state index < -0.39 is 0 Å². The minimum Gasteiger partial charge on any atom is -0.365 e. The van der Waals surface area contributed by atoms with Gasteiger partial charge in [-0.25, -0.2) is 0 Å². The first-order valence-corrected chi connectivity index (χ1v) is 7.25. The monoisotopic (exact) mass is 284 g/mol. The number of nitrogens with one attached hydrogen (secondary N) is 1. The molecule has 3 heterocycles. The van der Waals surface area contributed by atoms with E-state index in [0.717, 1.165) is 30.8 Å². The number of pyridine rings is 1. The van der Waals surface area contributed by atoms with Crippen LogP contribution < -0.4 is 10.2 Å². The van der Waals surface area contributed by atoms with Gasteiger partial charge in [0.05, 0.1) is 16.0 Å². The lowest BCUT2D eigenvalue weighted by molar-refractivity contribution is -0.383. The molecule has 2 fully saturated rings. The van der Waals surface area contributed by atoms with E-state index in [2.05, 4.69) is 15.2 Å². The third-order valence-electron chi connectivity index (χ3n) is 4.68. The molecule has 4 rings (SSSR count). The van der Waals surface area contributed by atoms with Gasteiger partial charge in [-0.05, 0) is 30.5 Å². The number of hydrogen-bond acceptors (Lipinski definition) is 5. The van der Waals surface area contributed by atoms with Gasteiger partial charge in [0, 0.05) is 37.9 Å². The second kappa shape index (κ2) is 4.66. The zero-order valence-electron chi connectivity index (χ0n) is 11.5. The summed E-state index contributed by atoms with van der Waals surface area (Å²) in [6.45, 7) is 3.05. The molecule has 0 amide bonds. The lowest BCUT2D eigenvalue weighted by Gasteiger charge is -2.26. The van der Waals surface area contributed by atoms with E-state index in [0.29, 0.717) is 17.3 Å². The predicted molar refractivity (Wildman–Crippen MR) is 80.5 cm³/mol. The molecule has 1 N–H and O–H groups in total. The fourth-order valence-corrected chi connectivity index (χ4v) is 3.68. The highest BCUT2D eigenvalue weighted by atomic mass is 16.6. The third-order valence-corrected chi connectivity index (χ3v) is 4.68. The number of benzene rings is 1. The van der Waals surface area contributed by atoms with Crippen molar-refractivity contribution in [2.45, 2.75) is 12.5 Å². The quantitative estimate of drug-likeness (QED) is 0.674. The van der Waals surface area contributed by atoms with Crippen LogP contribution >= 0.6 is 0 Å². The zero-order valence-corrected chi connectivity index (χ0v) is 11.5. The Morgan fingerprint density at radius 3 is 3.10 bits per heavy atom. The van der Waals surface area contributed by atoms with E-state index in [-0.39, 0.29) is 10.6 Å². The van der Waals surface area contributed by atoms with Crippen molar-refractivity contribution < 1.29 is 4.92 Å². The molecule has 6 heteroatoms. The Kier molecular flexibility index (Phi) is 2.78. The van der Waals surface area contributed by atoms with Crippen molar-refractivity contribution >= 4 is 22.3 Å². The molecule has 0 unspecified atom stereocenters. The lowest BCUT2D eigenvalue weighted by atomic mass is 10.0. The zero-order chi connectivity index (χ0) is 14.4. The highest BCUT2D eigenvalue weighted by molar-refractivity contribution is 5.97. The number of non-ortho nitro benzene ring substituents is 1. The van der Waals surface area contributed by atoms with Crippen LogP contribution in [0.25, 0.3) is 10.9 Å². The van der Waals surface area contributed by atoms with Gasteiger partial charge in [-0.3, -0.25) is 15.1 Å². The summed E-state index contributed by atoms with van der Waals surface area (Å²) >= 11 is 0. The van der Waals surface area contributed by atoms with Gasteiger partial charge in [-0.2, -0.15) is 0 Å². The van der Waals surface area contributed by atoms with Gasteiger partial charge in [-0.15, -0.1) is 0 Å². The molecule has 21 heavy (non-hydrogen) atoms. The fourth-order valence-electron chi connectivity index (χ4n) is 3.68. The second-order valence-corrected chi connectivity index (χ2v) is 5.73. The standard InChI is InChI=1S/C15H16N4O2/c20-19(21)12-3-4-13(15-11(12)2-1-6-17-15)18-7-5-10-8-16-9-14(10)18/h1-4,6,10,14,16H,5,7-9H2/t10-,14+/m0/s1. The van der Waals surface area contributed by atoms with Crippen molar-refractivity contribution in [3.63, 3.8) is 0 Å². The maximum absolute atomic E-state index is 11.2. The Labute approximate surface area is 121 Å². The van der Waals surface area contributed by atoms with Crippen molar-refractivity contribution in [2.24, 2.45) is 5.92 Å². The van der Waals surface area contributed by atoms with E-state index in [4.69, 9.17) is 0 Å². The molecular weight excluding hydrogens is 268 g/mol. The number of rotatable bonds is 2. The minimum absolute atomic E-state index is 0.127. The van der Waals surface area contributed by atoms with Crippen molar-refractivity contribution in [2.75, 3.05) is 24.5 Å². The third kappa shape index (κ3) is 1.86. The van der Waals surface area contributed by atoms with Gasteiger partial charge >= 0.3 is 0 Å². The molecule has 108 valence electrons. The molecule has 1 aromatic carbocycles. The van der Waals surface area contributed by atoms with Crippen LogP contribution in [0, 0.1) is 16.0 Å². The lowest BCUT2D eigenvalue weighted by Crippen LogP contribution is -2.34. The first-order valence-electron chi connectivity index (χ1n) is 7.25. The molecule has 2 aromatic rings. The topological polar surface area (TPSA) is 71.3 Å². The van der Waals surface area contributed by atoms with Crippen LogP contribution in [0.5, 0.6) is 0 Å². The average molecular weight is 284 g/mol. The van der Waals surface area contributed by atoms with E-state index in [1.807, 2.05) is 6.07 Å². The van der Waals surface area contributed by atoms with E-state index in [1.165, 1.54) is 6.42 Å². The summed E-state index contributed by atoms with van der Waals surface area (Å²) < 4.78 is 0. The summed E-state index contributed by atoms with van der Waals surface area (Å²) in [6.07, 6.45) is 2.87. The van der Waals surface area contributed by atoms with Gasteiger partial charge < -0.3 is 10.2 Å². The summed E-state index contributed by atoms with van der Waals surface area (Å²) in [5, 5.41) is 15.2. The molecular formula is C15H16N4O2. The maximum Gasteiger partial charge on any atom is 0.278 e. The van der Waals surface area contributed by atoms with Gasteiger partial charge in [0.2, 0.25) is 0 Å². The Morgan fingerprint density at radius 2 is 2.24 bits per heavy atom. The van der Waals surface area contributed by atoms with Crippen LogP contribution in [0.4, 0.5) is 11.4 Å². The van der Waals surface area contributed by atoms with Crippen LogP contribution in [0.15, 0.2) is 30.5 Å². The van der Waals surface area contributed by atoms with Crippen LogP contribution in [-0.2, 0) is 0 Å². The molecule has 0 saturated carbocycles. The Bertz CT molecular complexity index is 718. The highest BCUT2D eigenvalue weighted by Crippen LogP contribution is 2.37. The first-order chi connectivity index (χ1) is 10.3. The van der Waals surface area contributed by atoms with E-state index in [1.54, 1.807) is 24.4 Å². The molecule has 1 aromatic heterocycles. The summed E-state index contributed by atoms with van der Waals surface area (Å²) in [6, 6.07) is 7.48. The molecule has 0 bridgehead atoms. The normalized spacial score (nSPS) is 24.5. The second-order valence-electron chi connectivity index (χ2n) is 5.73. The van der Waals surface area contributed by atoms with Gasteiger partial charge in [0.25, 0.3) is 5.69 Å². The molecule has 6 nitrogen and oxygen atoms in total. The van der Waals surface area contributed by atoms with E-state index in [9.17, 15) is 10.1 Å². The van der Waals surface area contributed by atoms with Crippen molar-refractivity contribution in [1.29, 1.82) is 0 Å². The number of nitrogens with zero attached hydrogens (tertiary/aromatic N) is 3. The van der Waals surface area contributed by atoms with Crippen LogP contribution in [-0.4, -0.2) is 35.6 Å².